The lowest BCUT2D eigenvalue weighted by Gasteiger charge is -2.16. The van der Waals surface area contributed by atoms with Crippen LogP contribution >= 0.6 is 0 Å². The summed E-state index contributed by atoms with van der Waals surface area (Å²) in [6, 6.07) is 5.21. The zero-order chi connectivity index (χ0) is 15.2. The van der Waals surface area contributed by atoms with Crippen molar-refractivity contribution < 1.29 is 13.2 Å². The van der Waals surface area contributed by atoms with E-state index < -0.39 is 10.0 Å². The lowest BCUT2D eigenvalue weighted by Crippen LogP contribution is -2.36. The van der Waals surface area contributed by atoms with Crippen LogP contribution in [0.25, 0.3) is 0 Å². The second kappa shape index (κ2) is 7.73. The first-order chi connectivity index (χ1) is 9.40. The van der Waals surface area contributed by atoms with E-state index in [9.17, 15) is 8.42 Å². The SMILES string of the molecule is CCOCC(C)NS(=O)(=O)c1cc(CNC)ccc1C. The van der Waals surface area contributed by atoms with Crippen LogP contribution in [0.3, 0.4) is 0 Å². The molecule has 1 atom stereocenters. The molecular formula is C14H24N2O3S. The number of rotatable bonds is 8. The maximum atomic E-state index is 12.4. The number of aryl methyl sites for hydroxylation is 1. The fourth-order valence-electron chi connectivity index (χ4n) is 1.91. The van der Waals surface area contributed by atoms with Crippen molar-refractivity contribution in [2.24, 2.45) is 0 Å². The predicted molar refractivity (Wildman–Crippen MR) is 80.2 cm³/mol. The van der Waals surface area contributed by atoms with Crippen molar-refractivity contribution in [3.8, 4) is 0 Å². The van der Waals surface area contributed by atoms with Crippen LogP contribution in [0.4, 0.5) is 0 Å². The van der Waals surface area contributed by atoms with Crippen LogP contribution in [0.5, 0.6) is 0 Å². The molecule has 1 unspecified atom stereocenters. The Morgan fingerprint density at radius 2 is 2.05 bits per heavy atom. The van der Waals surface area contributed by atoms with E-state index in [4.69, 9.17) is 4.74 Å². The van der Waals surface area contributed by atoms with Gasteiger partial charge in [0.05, 0.1) is 11.5 Å². The molecule has 0 aromatic heterocycles. The Kier molecular flexibility index (Phi) is 6.61. The molecular weight excluding hydrogens is 276 g/mol. The maximum absolute atomic E-state index is 12.4. The minimum atomic E-state index is -3.52. The molecule has 114 valence electrons. The van der Waals surface area contributed by atoms with Gasteiger partial charge in [0.25, 0.3) is 0 Å². The summed E-state index contributed by atoms with van der Waals surface area (Å²) < 4.78 is 32.7. The van der Waals surface area contributed by atoms with Crippen molar-refractivity contribution in [2.75, 3.05) is 20.3 Å². The molecule has 1 aromatic rings. The van der Waals surface area contributed by atoms with Gasteiger partial charge in [-0.3, -0.25) is 0 Å². The second-order valence-electron chi connectivity index (χ2n) is 4.81. The summed E-state index contributed by atoms with van der Waals surface area (Å²) >= 11 is 0. The van der Waals surface area contributed by atoms with Crippen molar-refractivity contribution in [2.45, 2.75) is 38.3 Å². The van der Waals surface area contributed by atoms with Gasteiger partial charge >= 0.3 is 0 Å². The van der Waals surface area contributed by atoms with Gasteiger partial charge in [-0.25, -0.2) is 13.1 Å². The average Bonchev–Trinajstić information content (AvgIpc) is 2.38. The molecule has 20 heavy (non-hydrogen) atoms. The smallest absolute Gasteiger partial charge is 0.241 e. The zero-order valence-electron chi connectivity index (χ0n) is 12.6. The third-order valence-corrected chi connectivity index (χ3v) is 4.58. The van der Waals surface area contributed by atoms with Gasteiger partial charge in [-0.05, 0) is 45.0 Å². The summed E-state index contributed by atoms with van der Waals surface area (Å²) in [5.41, 5.74) is 1.68. The Hall–Kier alpha value is -0.950. The van der Waals surface area contributed by atoms with Gasteiger partial charge in [0.1, 0.15) is 0 Å². The molecule has 0 saturated carbocycles. The normalized spacial score (nSPS) is 13.4. The van der Waals surface area contributed by atoms with E-state index in [2.05, 4.69) is 10.0 Å². The van der Waals surface area contributed by atoms with Gasteiger partial charge in [-0.1, -0.05) is 12.1 Å². The minimum absolute atomic E-state index is 0.257. The average molecular weight is 300 g/mol. The van der Waals surface area contributed by atoms with Gasteiger partial charge in [0, 0.05) is 19.2 Å². The molecule has 0 aliphatic rings. The first-order valence-corrected chi connectivity index (χ1v) is 8.23. The largest absolute Gasteiger partial charge is 0.380 e. The number of benzene rings is 1. The summed E-state index contributed by atoms with van der Waals surface area (Å²) in [4.78, 5) is 0.327. The molecule has 0 saturated heterocycles. The van der Waals surface area contributed by atoms with Crippen molar-refractivity contribution >= 4 is 10.0 Å². The van der Waals surface area contributed by atoms with Crippen LogP contribution in [-0.2, 0) is 21.3 Å². The molecule has 2 N–H and O–H groups in total. The van der Waals surface area contributed by atoms with E-state index in [-0.39, 0.29) is 6.04 Å². The lowest BCUT2D eigenvalue weighted by molar-refractivity contribution is 0.133. The van der Waals surface area contributed by atoms with Gasteiger partial charge in [-0.2, -0.15) is 0 Å². The highest BCUT2D eigenvalue weighted by atomic mass is 32.2. The van der Waals surface area contributed by atoms with Gasteiger partial charge in [-0.15, -0.1) is 0 Å². The maximum Gasteiger partial charge on any atom is 0.241 e. The molecule has 5 nitrogen and oxygen atoms in total. The first-order valence-electron chi connectivity index (χ1n) is 6.75. The van der Waals surface area contributed by atoms with Crippen LogP contribution in [0, 0.1) is 6.92 Å². The summed E-state index contributed by atoms with van der Waals surface area (Å²) in [5, 5.41) is 3.02. The first kappa shape index (κ1) is 17.1. The number of hydrogen-bond acceptors (Lipinski definition) is 4. The number of ether oxygens (including phenoxy) is 1. The van der Waals surface area contributed by atoms with Crippen molar-refractivity contribution in [3.63, 3.8) is 0 Å². The Morgan fingerprint density at radius 1 is 1.35 bits per heavy atom. The summed E-state index contributed by atoms with van der Waals surface area (Å²) in [7, 11) is -1.69. The molecule has 0 fully saturated rings. The Balaban J connectivity index is 2.93. The molecule has 0 bridgehead atoms. The Labute approximate surface area is 121 Å². The van der Waals surface area contributed by atoms with Crippen LogP contribution < -0.4 is 10.0 Å². The highest BCUT2D eigenvalue weighted by molar-refractivity contribution is 7.89. The lowest BCUT2D eigenvalue weighted by atomic mass is 10.1. The second-order valence-corrected chi connectivity index (χ2v) is 6.49. The molecule has 0 amide bonds. The fourth-order valence-corrected chi connectivity index (χ4v) is 3.43. The summed E-state index contributed by atoms with van der Waals surface area (Å²) in [6.07, 6.45) is 0. The zero-order valence-corrected chi connectivity index (χ0v) is 13.4. The van der Waals surface area contributed by atoms with E-state index in [0.29, 0.717) is 24.7 Å². The van der Waals surface area contributed by atoms with E-state index in [1.54, 1.807) is 19.9 Å². The number of nitrogens with one attached hydrogen (secondary N) is 2. The molecule has 0 aliphatic carbocycles. The third-order valence-electron chi connectivity index (χ3n) is 2.85. The van der Waals surface area contributed by atoms with E-state index in [1.807, 2.05) is 26.1 Å². The summed E-state index contributed by atoms with van der Waals surface area (Å²) in [5.74, 6) is 0. The van der Waals surface area contributed by atoms with Gasteiger partial charge in [0.2, 0.25) is 10.0 Å². The molecule has 0 aliphatic heterocycles. The standard InChI is InChI=1S/C14H24N2O3S/c1-5-19-10-12(3)16-20(17,18)14-8-13(9-15-4)7-6-11(14)2/h6-8,12,15-16H,5,9-10H2,1-4H3. The Morgan fingerprint density at radius 3 is 2.65 bits per heavy atom. The van der Waals surface area contributed by atoms with Gasteiger partial charge < -0.3 is 10.1 Å². The van der Waals surface area contributed by atoms with Crippen LogP contribution in [0.1, 0.15) is 25.0 Å². The van der Waals surface area contributed by atoms with Crippen LogP contribution in [0.2, 0.25) is 0 Å². The summed E-state index contributed by atoms with van der Waals surface area (Å²) in [6.45, 7) is 7.04. The van der Waals surface area contributed by atoms with Crippen molar-refractivity contribution in [1.29, 1.82) is 0 Å². The van der Waals surface area contributed by atoms with E-state index in [0.717, 1.165) is 11.1 Å². The van der Waals surface area contributed by atoms with E-state index in [1.165, 1.54) is 0 Å². The molecule has 0 radical (unpaired) electrons. The molecule has 0 spiro atoms. The Bertz CT molecular complexity index is 529. The van der Waals surface area contributed by atoms with Gasteiger partial charge in [0.15, 0.2) is 0 Å². The number of hydrogen-bond donors (Lipinski definition) is 2. The highest BCUT2D eigenvalue weighted by Crippen LogP contribution is 2.17. The molecule has 6 heteroatoms. The van der Waals surface area contributed by atoms with Crippen LogP contribution in [0.15, 0.2) is 23.1 Å². The number of sulfonamides is 1. The van der Waals surface area contributed by atoms with Crippen molar-refractivity contribution in [1.82, 2.24) is 10.0 Å². The van der Waals surface area contributed by atoms with E-state index >= 15 is 0 Å². The minimum Gasteiger partial charge on any atom is -0.380 e. The quantitative estimate of drug-likeness (QED) is 0.762. The highest BCUT2D eigenvalue weighted by Gasteiger charge is 2.19. The fraction of sp³-hybridized carbons (Fsp3) is 0.571. The molecule has 0 heterocycles. The third kappa shape index (κ3) is 4.86. The monoisotopic (exact) mass is 300 g/mol. The molecule has 1 aromatic carbocycles. The topological polar surface area (TPSA) is 67.4 Å². The molecule has 1 rings (SSSR count). The predicted octanol–water partition coefficient (Wildman–Crippen LogP) is 1.42. The van der Waals surface area contributed by atoms with Crippen LogP contribution in [-0.4, -0.2) is 34.7 Å². The van der Waals surface area contributed by atoms with Crippen molar-refractivity contribution in [3.05, 3.63) is 29.3 Å².